The first-order valence-corrected chi connectivity index (χ1v) is 7.42. The van der Waals surface area contributed by atoms with Gasteiger partial charge >= 0.3 is 0 Å². The fourth-order valence-corrected chi connectivity index (χ4v) is 2.42. The minimum atomic E-state index is 0.0169. The molecule has 1 fully saturated rings. The van der Waals surface area contributed by atoms with Crippen LogP contribution in [0.25, 0.3) is 0 Å². The highest BCUT2D eigenvalue weighted by Crippen LogP contribution is 2.18. The average Bonchev–Trinajstić information content (AvgIpc) is 2.47. The monoisotopic (exact) mass is 276 g/mol. The molecule has 1 saturated heterocycles. The van der Waals surface area contributed by atoms with Crippen LogP contribution in [0.3, 0.4) is 0 Å². The number of amides is 1. The maximum atomic E-state index is 11.9. The first kappa shape index (κ1) is 15.0. The van der Waals surface area contributed by atoms with Crippen molar-refractivity contribution in [3.8, 4) is 0 Å². The van der Waals surface area contributed by atoms with E-state index in [4.69, 9.17) is 10.5 Å². The minimum absolute atomic E-state index is 0.0169. The van der Waals surface area contributed by atoms with E-state index in [-0.39, 0.29) is 18.1 Å². The van der Waals surface area contributed by atoms with Gasteiger partial charge in [-0.15, -0.1) is 0 Å². The number of nitrogens with two attached hydrogens (primary N) is 1. The second-order valence-corrected chi connectivity index (χ2v) is 5.49. The summed E-state index contributed by atoms with van der Waals surface area (Å²) in [6.45, 7) is 2.78. The number of nitrogens with one attached hydrogen (secondary N) is 1. The summed E-state index contributed by atoms with van der Waals surface area (Å²) in [5.74, 6) is 0.0488. The van der Waals surface area contributed by atoms with Crippen LogP contribution in [0.2, 0.25) is 0 Å². The molecule has 110 valence electrons. The second kappa shape index (κ2) is 7.41. The summed E-state index contributed by atoms with van der Waals surface area (Å²) in [5, 5.41) is 2.91. The molecule has 1 aromatic carbocycles. The third-order valence-electron chi connectivity index (χ3n) is 3.69. The van der Waals surface area contributed by atoms with Gasteiger partial charge in [-0.2, -0.15) is 0 Å². The van der Waals surface area contributed by atoms with Crippen molar-refractivity contribution < 1.29 is 9.53 Å². The molecule has 1 amide bonds. The Bertz CT molecular complexity index is 423. The van der Waals surface area contributed by atoms with Crippen molar-refractivity contribution >= 4 is 11.6 Å². The molecule has 2 rings (SSSR count). The number of rotatable bonds is 5. The van der Waals surface area contributed by atoms with E-state index in [1.807, 2.05) is 31.2 Å². The number of hydrogen-bond acceptors (Lipinski definition) is 3. The highest BCUT2D eigenvalue weighted by molar-refractivity contribution is 5.90. The lowest BCUT2D eigenvalue weighted by Gasteiger charge is -2.22. The summed E-state index contributed by atoms with van der Waals surface area (Å²) in [5.41, 5.74) is 7.69. The van der Waals surface area contributed by atoms with Crippen LogP contribution in [0, 0.1) is 0 Å². The van der Waals surface area contributed by atoms with Crippen molar-refractivity contribution in [3.05, 3.63) is 29.8 Å². The third-order valence-corrected chi connectivity index (χ3v) is 3.69. The van der Waals surface area contributed by atoms with Gasteiger partial charge < -0.3 is 15.8 Å². The molecule has 0 bridgehead atoms. The van der Waals surface area contributed by atoms with Gasteiger partial charge in [0.15, 0.2) is 0 Å². The Morgan fingerprint density at radius 1 is 1.40 bits per heavy atom. The molecular formula is C16H24N2O2. The van der Waals surface area contributed by atoms with Gasteiger partial charge in [-0.05, 0) is 50.3 Å². The summed E-state index contributed by atoms with van der Waals surface area (Å²) < 4.78 is 5.63. The van der Waals surface area contributed by atoms with Crippen molar-refractivity contribution in [2.75, 3.05) is 11.9 Å². The smallest absolute Gasteiger partial charge is 0.224 e. The van der Waals surface area contributed by atoms with E-state index in [0.717, 1.165) is 37.1 Å². The summed E-state index contributed by atoms with van der Waals surface area (Å²) in [6.07, 6.45) is 5.02. The van der Waals surface area contributed by atoms with Crippen LogP contribution in [-0.2, 0) is 9.53 Å². The van der Waals surface area contributed by atoms with Crippen molar-refractivity contribution in [1.82, 2.24) is 0 Å². The van der Waals surface area contributed by atoms with Gasteiger partial charge in [0.05, 0.1) is 6.10 Å². The van der Waals surface area contributed by atoms with Gasteiger partial charge in [-0.25, -0.2) is 0 Å². The maximum absolute atomic E-state index is 11.9. The van der Waals surface area contributed by atoms with Gasteiger partial charge in [0.2, 0.25) is 5.91 Å². The van der Waals surface area contributed by atoms with Crippen molar-refractivity contribution in [3.63, 3.8) is 0 Å². The molecule has 0 spiro atoms. The van der Waals surface area contributed by atoms with Crippen LogP contribution in [0.15, 0.2) is 24.3 Å². The van der Waals surface area contributed by atoms with Gasteiger partial charge in [0.1, 0.15) is 0 Å². The molecule has 20 heavy (non-hydrogen) atoms. The highest BCUT2D eigenvalue weighted by Gasteiger charge is 2.15. The Kier molecular flexibility index (Phi) is 5.56. The zero-order valence-corrected chi connectivity index (χ0v) is 12.1. The number of carbonyl (C=O) groups is 1. The lowest BCUT2D eigenvalue weighted by Crippen LogP contribution is -2.21. The third kappa shape index (κ3) is 4.62. The zero-order valence-electron chi connectivity index (χ0n) is 12.1. The molecule has 3 N–H and O–H groups in total. The SMILES string of the molecule is CC(N)c1ccc(NC(=O)CCC2CCCCO2)cc1. The minimum Gasteiger partial charge on any atom is -0.378 e. The van der Waals surface area contributed by atoms with E-state index in [1.54, 1.807) is 0 Å². The normalized spacial score (nSPS) is 20.4. The molecule has 0 radical (unpaired) electrons. The number of anilines is 1. The van der Waals surface area contributed by atoms with Crippen LogP contribution < -0.4 is 11.1 Å². The van der Waals surface area contributed by atoms with Crippen LogP contribution in [-0.4, -0.2) is 18.6 Å². The zero-order chi connectivity index (χ0) is 14.4. The Morgan fingerprint density at radius 2 is 2.15 bits per heavy atom. The molecule has 1 aliphatic heterocycles. The Labute approximate surface area is 120 Å². The summed E-state index contributed by atoms with van der Waals surface area (Å²) in [4.78, 5) is 11.9. The van der Waals surface area contributed by atoms with Crippen LogP contribution >= 0.6 is 0 Å². The highest BCUT2D eigenvalue weighted by atomic mass is 16.5. The topological polar surface area (TPSA) is 64.3 Å². The molecule has 0 aromatic heterocycles. The standard InChI is InChI=1S/C16H24N2O2/c1-12(17)13-5-7-14(8-6-13)18-16(19)10-9-15-4-2-3-11-20-15/h5-8,12,15H,2-4,9-11,17H2,1H3,(H,18,19). The Balaban J connectivity index is 1.75. The molecule has 0 aliphatic carbocycles. The van der Waals surface area contributed by atoms with Gasteiger partial charge in [0, 0.05) is 24.8 Å². The fraction of sp³-hybridized carbons (Fsp3) is 0.562. The first-order chi connectivity index (χ1) is 9.65. The Hall–Kier alpha value is -1.39. The molecule has 0 saturated carbocycles. The number of benzene rings is 1. The summed E-state index contributed by atoms with van der Waals surface area (Å²) in [6, 6.07) is 7.71. The molecule has 4 heteroatoms. The average molecular weight is 276 g/mol. The van der Waals surface area contributed by atoms with Crippen LogP contribution in [0.4, 0.5) is 5.69 Å². The largest absolute Gasteiger partial charge is 0.378 e. The quantitative estimate of drug-likeness (QED) is 0.869. The summed E-state index contributed by atoms with van der Waals surface area (Å²) >= 11 is 0. The van der Waals surface area contributed by atoms with Crippen molar-refractivity contribution in [1.29, 1.82) is 0 Å². The van der Waals surface area contributed by atoms with E-state index in [9.17, 15) is 4.79 Å². The number of hydrogen-bond donors (Lipinski definition) is 2. The molecule has 1 heterocycles. The van der Waals surface area contributed by atoms with Gasteiger partial charge in [0.25, 0.3) is 0 Å². The molecular weight excluding hydrogens is 252 g/mol. The predicted molar refractivity (Wildman–Crippen MR) is 80.5 cm³/mol. The van der Waals surface area contributed by atoms with Crippen LogP contribution in [0.1, 0.15) is 50.6 Å². The molecule has 1 aromatic rings. The fourth-order valence-electron chi connectivity index (χ4n) is 2.42. The van der Waals surface area contributed by atoms with E-state index in [2.05, 4.69) is 5.32 Å². The van der Waals surface area contributed by atoms with E-state index in [0.29, 0.717) is 6.42 Å². The predicted octanol–water partition coefficient (Wildman–Crippen LogP) is 2.99. The van der Waals surface area contributed by atoms with Gasteiger partial charge in [-0.1, -0.05) is 12.1 Å². The van der Waals surface area contributed by atoms with Gasteiger partial charge in [-0.3, -0.25) is 4.79 Å². The molecule has 4 nitrogen and oxygen atoms in total. The van der Waals surface area contributed by atoms with E-state index < -0.39 is 0 Å². The maximum Gasteiger partial charge on any atom is 0.224 e. The molecule has 1 aliphatic rings. The number of carbonyl (C=O) groups excluding carboxylic acids is 1. The second-order valence-electron chi connectivity index (χ2n) is 5.49. The number of ether oxygens (including phenoxy) is 1. The molecule has 2 atom stereocenters. The van der Waals surface area contributed by atoms with Crippen molar-refractivity contribution in [2.24, 2.45) is 5.73 Å². The van der Waals surface area contributed by atoms with E-state index >= 15 is 0 Å². The van der Waals surface area contributed by atoms with E-state index in [1.165, 1.54) is 6.42 Å². The first-order valence-electron chi connectivity index (χ1n) is 7.42. The molecule has 2 unspecified atom stereocenters. The van der Waals surface area contributed by atoms with Crippen molar-refractivity contribution in [2.45, 2.75) is 51.2 Å². The lowest BCUT2D eigenvalue weighted by molar-refractivity contribution is -0.117. The summed E-state index contributed by atoms with van der Waals surface area (Å²) in [7, 11) is 0. The van der Waals surface area contributed by atoms with Crippen LogP contribution in [0.5, 0.6) is 0 Å². The Morgan fingerprint density at radius 3 is 2.75 bits per heavy atom. The lowest BCUT2D eigenvalue weighted by atomic mass is 10.0.